The number of nitrogens with zero attached hydrogens (tertiary/aromatic N) is 2. The molecule has 0 atom stereocenters. The van der Waals surface area contributed by atoms with E-state index in [1.54, 1.807) is 19.5 Å². The van der Waals surface area contributed by atoms with Crippen molar-refractivity contribution in [2.75, 3.05) is 7.11 Å². The fourth-order valence-electron chi connectivity index (χ4n) is 3.61. The average molecular weight is 424 g/mol. The molecule has 1 aromatic carbocycles. The van der Waals surface area contributed by atoms with Crippen LogP contribution in [0.25, 0.3) is 20.9 Å². The number of rotatable bonds is 7. The molecule has 0 saturated heterocycles. The predicted octanol–water partition coefficient (Wildman–Crippen LogP) is 3.90. The van der Waals surface area contributed by atoms with E-state index in [0.717, 1.165) is 32.0 Å². The van der Waals surface area contributed by atoms with Crippen LogP contribution in [0.4, 0.5) is 0 Å². The summed E-state index contributed by atoms with van der Waals surface area (Å²) >= 11 is 1.45. The summed E-state index contributed by atoms with van der Waals surface area (Å²) in [6, 6.07) is 7.78. The summed E-state index contributed by atoms with van der Waals surface area (Å²) in [6.45, 7) is 1.45. The van der Waals surface area contributed by atoms with Gasteiger partial charge in [0.25, 0.3) is 5.56 Å². The molecule has 0 fully saturated rings. The van der Waals surface area contributed by atoms with Crippen molar-refractivity contribution < 1.29 is 19.1 Å². The van der Waals surface area contributed by atoms with Crippen molar-refractivity contribution in [1.82, 2.24) is 9.55 Å². The van der Waals surface area contributed by atoms with Gasteiger partial charge in [-0.15, -0.1) is 11.3 Å². The fraction of sp³-hybridized carbons (Fsp3) is 0.227. The molecule has 0 aliphatic rings. The number of carboxylic acid groups (broad SMARTS) is 1. The topological polar surface area (TPSA) is 94.6 Å². The monoisotopic (exact) mass is 424 g/mol. The Morgan fingerprint density at radius 2 is 2.03 bits per heavy atom. The summed E-state index contributed by atoms with van der Waals surface area (Å²) in [6.07, 6.45) is 6.02. The number of carboxylic acids is 1. The molecular weight excluding hydrogens is 404 g/mol. The third-order valence-electron chi connectivity index (χ3n) is 5.01. The number of thiophene rings is 1. The molecule has 154 valence electrons. The second kappa shape index (κ2) is 8.16. The van der Waals surface area contributed by atoms with Gasteiger partial charge in [-0.3, -0.25) is 9.59 Å². The van der Waals surface area contributed by atoms with E-state index in [0.29, 0.717) is 24.1 Å². The van der Waals surface area contributed by atoms with Crippen molar-refractivity contribution in [1.29, 1.82) is 0 Å². The maximum atomic E-state index is 13.0. The number of carbonyl (C=O) groups is 1. The van der Waals surface area contributed by atoms with Crippen molar-refractivity contribution in [2.24, 2.45) is 0 Å². The van der Waals surface area contributed by atoms with Gasteiger partial charge in [-0.2, -0.15) is 0 Å². The number of benzene rings is 1. The van der Waals surface area contributed by atoms with Crippen molar-refractivity contribution in [3.05, 3.63) is 70.0 Å². The molecule has 4 rings (SSSR count). The first-order valence-electron chi connectivity index (χ1n) is 9.38. The smallest absolute Gasteiger partial charge is 0.323 e. The lowest BCUT2D eigenvalue weighted by Gasteiger charge is -2.11. The molecule has 0 bridgehead atoms. The molecule has 3 heterocycles. The Kier molecular flexibility index (Phi) is 5.41. The van der Waals surface area contributed by atoms with Crippen LogP contribution in [-0.2, 0) is 24.2 Å². The number of methoxy groups -OCH3 is 1. The van der Waals surface area contributed by atoms with E-state index in [2.05, 4.69) is 4.98 Å². The van der Waals surface area contributed by atoms with Gasteiger partial charge in [0.15, 0.2) is 0 Å². The van der Waals surface area contributed by atoms with E-state index < -0.39 is 5.97 Å². The van der Waals surface area contributed by atoms with Gasteiger partial charge in [0.05, 0.1) is 23.6 Å². The molecular formula is C22H20N2O5S. The standard InChI is InChI=1S/C22H20N2O5S/c1-13-18-20(30-19(13)21-23-9-10-29-21)15(11-24(22(18)27)12-17(25)26)8-7-14-5-3-4-6-16(14)28-2/h3-6,9-11H,7-8,12H2,1-2H3,(H,25,26). The first-order valence-corrected chi connectivity index (χ1v) is 10.2. The van der Waals surface area contributed by atoms with Crippen LogP contribution >= 0.6 is 11.3 Å². The summed E-state index contributed by atoms with van der Waals surface area (Å²) in [5.41, 5.74) is 2.38. The normalized spacial score (nSPS) is 11.1. The Balaban J connectivity index is 1.84. The van der Waals surface area contributed by atoms with Crippen LogP contribution in [0.15, 0.2) is 52.1 Å². The first kappa shape index (κ1) is 19.9. The molecule has 0 spiro atoms. The molecule has 3 aromatic heterocycles. The average Bonchev–Trinajstić information content (AvgIpc) is 3.37. The summed E-state index contributed by atoms with van der Waals surface area (Å²) in [5, 5.41) is 9.78. The highest BCUT2D eigenvalue weighted by atomic mass is 32.1. The Hall–Kier alpha value is -3.39. The summed E-state index contributed by atoms with van der Waals surface area (Å²) in [5.74, 6) is 0.192. The molecule has 0 radical (unpaired) electrons. The fourth-order valence-corrected chi connectivity index (χ4v) is 4.88. The highest BCUT2D eigenvalue weighted by Gasteiger charge is 2.21. The number of pyridine rings is 1. The van der Waals surface area contributed by atoms with E-state index >= 15 is 0 Å². The molecule has 1 N–H and O–H groups in total. The predicted molar refractivity (Wildman–Crippen MR) is 114 cm³/mol. The summed E-state index contributed by atoms with van der Waals surface area (Å²) in [7, 11) is 1.63. The van der Waals surface area contributed by atoms with Crippen molar-refractivity contribution in [3.63, 3.8) is 0 Å². The van der Waals surface area contributed by atoms with Crippen LogP contribution in [0.5, 0.6) is 5.75 Å². The number of hydrogen-bond donors (Lipinski definition) is 1. The van der Waals surface area contributed by atoms with E-state index in [4.69, 9.17) is 9.15 Å². The Morgan fingerprint density at radius 3 is 2.73 bits per heavy atom. The molecule has 0 aliphatic heterocycles. The molecule has 7 nitrogen and oxygen atoms in total. The minimum Gasteiger partial charge on any atom is -0.496 e. The van der Waals surface area contributed by atoms with Gasteiger partial charge in [0.2, 0.25) is 5.89 Å². The largest absolute Gasteiger partial charge is 0.496 e. The van der Waals surface area contributed by atoms with E-state index in [1.165, 1.54) is 22.2 Å². The highest BCUT2D eigenvalue weighted by Crippen LogP contribution is 2.38. The number of aliphatic carboxylic acids is 1. The molecule has 0 saturated carbocycles. The van der Waals surface area contributed by atoms with Crippen LogP contribution in [0.2, 0.25) is 0 Å². The summed E-state index contributed by atoms with van der Waals surface area (Å²) in [4.78, 5) is 29.3. The lowest BCUT2D eigenvalue weighted by molar-refractivity contribution is -0.137. The lowest BCUT2D eigenvalue weighted by atomic mass is 10.0. The van der Waals surface area contributed by atoms with Crippen LogP contribution in [0.3, 0.4) is 0 Å². The maximum absolute atomic E-state index is 13.0. The number of ether oxygens (including phenoxy) is 1. The van der Waals surface area contributed by atoms with E-state index in [9.17, 15) is 14.7 Å². The maximum Gasteiger partial charge on any atom is 0.323 e. The highest BCUT2D eigenvalue weighted by molar-refractivity contribution is 7.22. The molecule has 0 unspecified atom stereocenters. The molecule has 0 aliphatic carbocycles. The number of oxazole rings is 1. The van der Waals surface area contributed by atoms with Crippen LogP contribution in [0, 0.1) is 6.92 Å². The van der Waals surface area contributed by atoms with Gasteiger partial charge in [-0.05, 0) is 42.5 Å². The van der Waals surface area contributed by atoms with Gasteiger partial charge in [0.1, 0.15) is 18.6 Å². The van der Waals surface area contributed by atoms with Crippen molar-refractivity contribution >= 4 is 27.4 Å². The number of para-hydroxylation sites is 1. The number of aromatic nitrogens is 2. The second-order valence-corrected chi connectivity index (χ2v) is 7.91. The van der Waals surface area contributed by atoms with E-state index in [1.807, 2.05) is 31.2 Å². The molecule has 4 aromatic rings. The molecule has 0 amide bonds. The quantitative estimate of drug-likeness (QED) is 0.483. The van der Waals surface area contributed by atoms with Gasteiger partial charge >= 0.3 is 5.97 Å². The lowest BCUT2D eigenvalue weighted by Crippen LogP contribution is -2.24. The Morgan fingerprint density at radius 1 is 1.27 bits per heavy atom. The van der Waals surface area contributed by atoms with Crippen LogP contribution < -0.4 is 10.3 Å². The zero-order chi connectivity index (χ0) is 21.3. The van der Waals surface area contributed by atoms with Gasteiger partial charge in [-0.1, -0.05) is 18.2 Å². The Labute approximate surface area is 176 Å². The SMILES string of the molecule is COc1ccccc1CCc1cn(CC(=O)O)c(=O)c2c(C)c(-c3ncco3)sc12. The van der Waals surface area contributed by atoms with Crippen molar-refractivity contribution in [3.8, 4) is 16.5 Å². The van der Waals surface area contributed by atoms with Crippen molar-refractivity contribution in [2.45, 2.75) is 26.3 Å². The van der Waals surface area contributed by atoms with Crippen LogP contribution in [0.1, 0.15) is 16.7 Å². The van der Waals surface area contributed by atoms with Gasteiger partial charge < -0.3 is 18.8 Å². The number of aryl methyl sites for hydroxylation is 3. The molecule has 8 heteroatoms. The number of hydrogen-bond acceptors (Lipinski definition) is 6. The van der Waals surface area contributed by atoms with Gasteiger partial charge in [-0.25, -0.2) is 4.98 Å². The zero-order valence-corrected chi connectivity index (χ0v) is 17.4. The second-order valence-electron chi connectivity index (χ2n) is 6.89. The number of fused-ring (bicyclic) bond motifs is 1. The third-order valence-corrected chi connectivity index (χ3v) is 6.37. The Bertz CT molecular complexity index is 1270. The summed E-state index contributed by atoms with van der Waals surface area (Å²) < 4.78 is 13.0. The van der Waals surface area contributed by atoms with Crippen LogP contribution in [-0.4, -0.2) is 27.7 Å². The minimum absolute atomic E-state index is 0.319. The van der Waals surface area contributed by atoms with E-state index in [-0.39, 0.29) is 12.1 Å². The minimum atomic E-state index is -1.06. The first-order chi connectivity index (χ1) is 14.5. The van der Waals surface area contributed by atoms with Gasteiger partial charge in [0, 0.05) is 10.9 Å². The molecule has 30 heavy (non-hydrogen) atoms. The third kappa shape index (κ3) is 3.61. The zero-order valence-electron chi connectivity index (χ0n) is 16.5.